The standard InChI is InChI=1S/C13H18FNO4S2/c1-10(2)15(9-11-3-4-11)21(18,19)13-7-5-12(6-8-13)20(14,16)17/h5-8,10-11H,3-4,9H2,1-2H3. The molecule has 0 atom stereocenters. The molecule has 21 heavy (non-hydrogen) atoms. The lowest BCUT2D eigenvalue weighted by atomic mass is 10.3. The smallest absolute Gasteiger partial charge is 0.207 e. The highest BCUT2D eigenvalue weighted by Gasteiger charge is 2.33. The number of halogens is 1. The molecular formula is C13H18FNO4S2. The maximum absolute atomic E-state index is 12.8. The summed E-state index contributed by atoms with van der Waals surface area (Å²) < 4.78 is 60.9. The molecule has 0 aliphatic heterocycles. The molecular weight excluding hydrogens is 317 g/mol. The predicted octanol–water partition coefficient (Wildman–Crippen LogP) is 2.15. The van der Waals surface area contributed by atoms with E-state index in [1.165, 1.54) is 4.31 Å². The summed E-state index contributed by atoms with van der Waals surface area (Å²) in [5.74, 6) is 0.396. The van der Waals surface area contributed by atoms with E-state index < -0.39 is 25.1 Å². The molecule has 0 saturated heterocycles. The van der Waals surface area contributed by atoms with Gasteiger partial charge in [-0.05, 0) is 56.9 Å². The summed E-state index contributed by atoms with van der Waals surface area (Å²) >= 11 is 0. The molecule has 118 valence electrons. The van der Waals surface area contributed by atoms with Crippen LogP contribution in [-0.2, 0) is 20.2 Å². The average molecular weight is 335 g/mol. The molecule has 0 radical (unpaired) electrons. The van der Waals surface area contributed by atoms with Gasteiger partial charge in [0.2, 0.25) is 10.0 Å². The Morgan fingerprint density at radius 3 is 1.95 bits per heavy atom. The highest BCUT2D eigenvalue weighted by molar-refractivity contribution is 7.89. The second kappa shape index (κ2) is 5.66. The summed E-state index contributed by atoms with van der Waals surface area (Å²) in [6, 6.07) is 4.00. The molecule has 1 aliphatic carbocycles. The maximum Gasteiger partial charge on any atom is 0.332 e. The van der Waals surface area contributed by atoms with Gasteiger partial charge < -0.3 is 0 Å². The zero-order valence-electron chi connectivity index (χ0n) is 11.9. The minimum Gasteiger partial charge on any atom is -0.207 e. The first-order chi connectivity index (χ1) is 9.62. The molecule has 1 aromatic rings. The Morgan fingerprint density at radius 1 is 1.10 bits per heavy atom. The molecule has 5 nitrogen and oxygen atoms in total. The number of rotatable bonds is 6. The van der Waals surface area contributed by atoms with E-state index in [1.54, 1.807) is 13.8 Å². The molecule has 0 N–H and O–H groups in total. The highest BCUT2D eigenvalue weighted by Crippen LogP contribution is 2.32. The van der Waals surface area contributed by atoms with E-state index in [-0.39, 0.29) is 10.9 Å². The Balaban J connectivity index is 2.33. The maximum atomic E-state index is 12.8. The van der Waals surface area contributed by atoms with Gasteiger partial charge in [-0.15, -0.1) is 3.89 Å². The summed E-state index contributed by atoms with van der Waals surface area (Å²) in [7, 11) is -8.52. The van der Waals surface area contributed by atoms with Crippen molar-refractivity contribution >= 4 is 20.2 Å². The van der Waals surface area contributed by atoms with E-state index in [9.17, 15) is 20.7 Å². The van der Waals surface area contributed by atoms with Crippen molar-refractivity contribution in [1.82, 2.24) is 4.31 Å². The van der Waals surface area contributed by atoms with Gasteiger partial charge in [0.05, 0.1) is 9.79 Å². The SMILES string of the molecule is CC(C)N(CC1CC1)S(=O)(=O)c1ccc(S(=O)(=O)F)cc1. The van der Waals surface area contributed by atoms with Crippen molar-refractivity contribution in [3.63, 3.8) is 0 Å². The first-order valence-corrected chi connectivity index (χ1v) is 9.51. The van der Waals surface area contributed by atoms with Gasteiger partial charge >= 0.3 is 10.2 Å². The second-order valence-corrected chi connectivity index (χ2v) is 8.76. The molecule has 0 unspecified atom stereocenters. The van der Waals surface area contributed by atoms with Crippen LogP contribution in [0.25, 0.3) is 0 Å². The minimum absolute atomic E-state index is 0.0238. The van der Waals surface area contributed by atoms with Crippen LogP contribution < -0.4 is 0 Å². The first kappa shape index (κ1) is 16.4. The van der Waals surface area contributed by atoms with Crippen LogP contribution in [0.15, 0.2) is 34.1 Å². The van der Waals surface area contributed by atoms with Crippen molar-refractivity contribution in [3.8, 4) is 0 Å². The van der Waals surface area contributed by atoms with Gasteiger partial charge in [0.15, 0.2) is 0 Å². The van der Waals surface area contributed by atoms with E-state index in [2.05, 4.69) is 0 Å². The number of benzene rings is 1. The summed E-state index contributed by atoms with van der Waals surface area (Å²) in [6.45, 7) is 4.05. The predicted molar refractivity (Wildman–Crippen MR) is 76.5 cm³/mol. The fraction of sp³-hybridized carbons (Fsp3) is 0.538. The van der Waals surface area contributed by atoms with Gasteiger partial charge in [-0.1, -0.05) is 0 Å². The Bertz CT molecular complexity index is 707. The van der Waals surface area contributed by atoms with Crippen molar-refractivity contribution in [2.45, 2.75) is 42.5 Å². The Morgan fingerprint density at radius 2 is 1.57 bits per heavy atom. The molecule has 0 spiro atoms. The van der Waals surface area contributed by atoms with Gasteiger partial charge in [-0.25, -0.2) is 8.42 Å². The van der Waals surface area contributed by atoms with E-state index in [4.69, 9.17) is 0 Å². The van der Waals surface area contributed by atoms with Crippen LogP contribution in [-0.4, -0.2) is 33.7 Å². The highest BCUT2D eigenvalue weighted by atomic mass is 32.3. The second-order valence-electron chi connectivity index (χ2n) is 5.52. The summed E-state index contributed by atoms with van der Waals surface area (Å²) in [5, 5.41) is 0. The number of nitrogens with zero attached hydrogens (tertiary/aromatic N) is 1. The molecule has 2 rings (SSSR count). The van der Waals surface area contributed by atoms with E-state index in [1.807, 2.05) is 0 Å². The van der Waals surface area contributed by atoms with E-state index in [0.29, 0.717) is 12.5 Å². The normalized spacial score (nSPS) is 16.6. The van der Waals surface area contributed by atoms with Crippen molar-refractivity contribution in [3.05, 3.63) is 24.3 Å². The van der Waals surface area contributed by atoms with Crippen molar-refractivity contribution in [2.24, 2.45) is 5.92 Å². The van der Waals surface area contributed by atoms with Gasteiger partial charge in [0.1, 0.15) is 0 Å². The fourth-order valence-corrected chi connectivity index (χ4v) is 4.23. The number of sulfonamides is 1. The van der Waals surface area contributed by atoms with E-state index in [0.717, 1.165) is 37.1 Å². The van der Waals surface area contributed by atoms with Crippen molar-refractivity contribution in [2.75, 3.05) is 6.54 Å². The third kappa shape index (κ3) is 3.81. The van der Waals surface area contributed by atoms with Crippen LogP contribution in [0.4, 0.5) is 3.89 Å². The molecule has 0 heterocycles. The largest absolute Gasteiger partial charge is 0.332 e. The van der Waals surface area contributed by atoms with Crippen molar-refractivity contribution < 1.29 is 20.7 Å². The van der Waals surface area contributed by atoms with E-state index >= 15 is 0 Å². The molecule has 1 aliphatic rings. The number of hydrogen-bond acceptors (Lipinski definition) is 4. The van der Waals surface area contributed by atoms with Crippen molar-refractivity contribution in [1.29, 1.82) is 0 Å². The molecule has 8 heteroatoms. The lowest BCUT2D eigenvalue weighted by Crippen LogP contribution is -2.38. The van der Waals surface area contributed by atoms with Gasteiger partial charge in [-0.2, -0.15) is 12.7 Å². The first-order valence-electron chi connectivity index (χ1n) is 6.69. The number of hydrogen-bond donors (Lipinski definition) is 0. The van der Waals surface area contributed by atoms with Crippen LogP contribution in [0.5, 0.6) is 0 Å². The van der Waals surface area contributed by atoms with Crippen LogP contribution in [0.3, 0.4) is 0 Å². The Kier molecular flexibility index (Phi) is 4.41. The van der Waals surface area contributed by atoms with Gasteiger partial charge in [0, 0.05) is 12.6 Å². The lowest BCUT2D eigenvalue weighted by Gasteiger charge is -2.26. The Hall–Kier alpha value is -0.990. The summed E-state index contributed by atoms with van der Waals surface area (Å²) in [6.07, 6.45) is 2.05. The summed E-state index contributed by atoms with van der Waals surface area (Å²) in [4.78, 5) is -0.566. The van der Waals surface area contributed by atoms with Crippen LogP contribution in [0.1, 0.15) is 26.7 Å². The molecule has 0 aromatic heterocycles. The Labute approximate surface area is 125 Å². The zero-order chi connectivity index (χ0) is 15.8. The minimum atomic E-state index is -4.82. The van der Waals surface area contributed by atoms with Gasteiger partial charge in [-0.3, -0.25) is 0 Å². The quantitative estimate of drug-likeness (QED) is 0.747. The molecule has 0 amide bonds. The van der Waals surface area contributed by atoms with Crippen LogP contribution in [0, 0.1) is 5.92 Å². The molecule has 1 fully saturated rings. The van der Waals surface area contributed by atoms with Gasteiger partial charge in [0.25, 0.3) is 0 Å². The summed E-state index contributed by atoms with van der Waals surface area (Å²) in [5.41, 5.74) is 0. The third-order valence-electron chi connectivity index (χ3n) is 3.42. The van der Waals surface area contributed by atoms with Crippen LogP contribution >= 0.6 is 0 Å². The molecule has 1 aromatic carbocycles. The monoisotopic (exact) mass is 335 g/mol. The molecule has 1 saturated carbocycles. The zero-order valence-corrected chi connectivity index (χ0v) is 13.5. The topological polar surface area (TPSA) is 71.5 Å². The van der Waals surface area contributed by atoms with Crippen LogP contribution in [0.2, 0.25) is 0 Å². The average Bonchev–Trinajstić information content (AvgIpc) is 3.18. The fourth-order valence-electron chi connectivity index (χ4n) is 2.05. The lowest BCUT2D eigenvalue weighted by molar-refractivity contribution is 0.341. The molecule has 0 bridgehead atoms. The third-order valence-corrected chi connectivity index (χ3v) is 6.31.